The minimum atomic E-state index is -1.76. The lowest BCUT2D eigenvalue weighted by molar-refractivity contribution is -0.0905. The van der Waals surface area contributed by atoms with E-state index in [2.05, 4.69) is 16.4 Å². The minimum Gasteiger partial charge on any atom is -0.490 e. The molecule has 2 aliphatic carbocycles. The average molecular weight is 724 g/mol. The Morgan fingerprint density at radius 3 is 2.54 bits per heavy atom. The van der Waals surface area contributed by atoms with Crippen LogP contribution in [-0.4, -0.2) is 84.7 Å². The molecule has 2 fully saturated rings. The van der Waals surface area contributed by atoms with E-state index in [-0.39, 0.29) is 11.8 Å². The molecule has 266 valence electrons. The van der Waals surface area contributed by atoms with Crippen molar-refractivity contribution in [1.82, 2.24) is 14.9 Å². The van der Waals surface area contributed by atoms with Gasteiger partial charge in [0.25, 0.3) is 5.91 Å². The van der Waals surface area contributed by atoms with Gasteiger partial charge < -0.3 is 44.9 Å². The molecular weight excluding hydrogens is 682 g/mol. The Morgan fingerprint density at radius 2 is 1.82 bits per heavy atom. The molecule has 2 saturated carbocycles. The summed E-state index contributed by atoms with van der Waals surface area (Å²) < 4.78 is 14.6. The van der Waals surface area contributed by atoms with Crippen LogP contribution >= 0.6 is 23.4 Å². The first kappa shape index (κ1) is 36.3. The number of hydrogen-bond acceptors (Lipinski definition) is 10. The lowest BCUT2D eigenvalue weighted by Gasteiger charge is -2.28. The van der Waals surface area contributed by atoms with Crippen LogP contribution in [0.1, 0.15) is 52.9 Å². The summed E-state index contributed by atoms with van der Waals surface area (Å²) in [7, 11) is 1.73. The van der Waals surface area contributed by atoms with Crippen molar-refractivity contribution in [2.45, 2.75) is 79.1 Å². The van der Waals surface area contributed by atoms with Gasteiger partial charge in [0.1, 0.15) is 29.8 Å². The summed E-state index contributed by atoms with van der Waals surface area (Å²) in [5.74, 6) is 0.876. The maximum atomic E-state index is 13.0. The number of nitrogens with zero attached hydrogens (tertiary/aromatic N) is 2. The Morgan fingerprint density at radius 1 is 1.04 bits per heavy atom. The van der Waals surface area contributed by atoms with Gasteiger partial charge in [-0.3, -0.25) is 9.78 Å². The van der Waals surface area contributed by atoms with Crippen LogP contribution in [0.4, 0.5) is 0 Å². The number of aliphatic hydroxyl groups is 5. The van der Waals surface area contributed by atoms with E-state index >= 15 is 0 Å². The van der Waals surface area contributed by atoms with Gasteiger partial charge in [0, 0.05) is 41.3 Å². The number of nitrogens with one attached hydrogen (secondary N) is 1. The first-order valence-electron chi connectivity index (χ1n) is 16.6. The Labute approximate surface area is 299 Å². The zero-order valence-electron chi connectivity index (χ0n) is 27.6. The van der Waals surface area contributed by atoms with Crippen molar-refractivity contribution in [3.05, 3.63) is 100 Å². The van der Waals surface area contributed by atoms with E-state index in [1.807, 2.05) is 48.7 Å². The van der Waals surface area contributed by atoms with Crippen molar-refractivity contribution >= 4 is 29.3 Å². The van der Waals surface area contributed by atoms with Gasteiger partial charge in [-0.25, -0.2) is 0 Å². The number of amides is 1. The Hall–Kier alpha value is -3.46. The molecule has 11 nitrogen and oxygen atoms in total. The summed E-state index contributed by atoms with van der Waals surface area (Å²) >= 11 is 8.17. The van der Waals surface area contributed by atoms with Crippen LogP contribution in [0, 0.1) is 0 Å². The molecule has 4 atom stereocenters. The van der Waals surface area contributed by atoms with Crippen molar-refractivity contribution in [3.8, 4) is 16.9 Å². The number of rotatable bonds is 17. The Balaban J connectivity index is 1.10. The van der Waals surface area contributed by atoms with E-state index in [4.69, 9.17) is 26.2 Å². The number of pyridine rings is 1. The van der Waals surface area contributed by atoms with E-state index in [0.29, 0.717) is 17.4 Å². The topological polar surface area (TPSA) is 167 Å². The third kappa shape index (κ3) is 8.19. The molecule has 0 aliphatic heterocycles. The molecular formula is C37H42ClN3O8S. The van der Waals surface area contributed by atoms with E-state index in [1.54, 1.807) is 29.9 Å². The molecule has 1 amide bonds. The molecule has 6 N–H and O–H groups in total. The van der Waals surface area contributed by atoms with Gasteiger partial charge in [-0.05, 0) is 72.7 Å². The quantitative estimate of drug-likeness (QED) is 0.0879. The van der Waals surface area contributed by atoms with Crippen LogP contribution in [0.15, 0.2) is 78.1 Å². The first-order chi connectivity index (χ1) is 24.1. The minimum absolute atomic E-state index is 0.270. The third-order valence-electron chi connectivity index (χ3n) is 9.18. The smallest absolute Gasteiger partial charge is 0.268 e. The molecule has 2 aromatic heterocycles. The normalized spacial score (nSPS) is 17.5. The highest BCUT2D eigenvalue weighted by atomic mass is 35.5. The molecule has 0 radical (unpaired) electrons. The number of para-hydroxylation sites is 1. The highest BCUT2D eigenvalue weighted by Gasteiger charge is 2.48. The zero-order valence-corrected chi connectivity index (χ0v) is 29.2. The van der Waals surface area contributed by atoms with Gasteiger partial charge in [0.15, 0.2) is 0 Å². The highest BCUT2D eigenvalue weighted by Crippen LogP contribution is 2.53. The van der Waals surface area contributed by atoms with Crippen molar-refractivity contribution in [2.75, 3.05) is 13.2 Å². The maximum Gasteiger partial charge on any atom is 0.268 e. The van der Waals surface area contributed by atoms with E-state index in [9.17, 15) is 25.2 Å². The number of benzene rings is 2. The number of carbonyl (C=O) groups excluding carboxylic acids is 1. The SMILES string of the molecule is Cn1c(SCc2ccc(Cl)c(COC3(c4cnccc4-c4ccccc4OC4CC4)CC3)c2)ccc1C(=O)N[C@@H](CO)[C@@H](O)[C@H](O)[C@H](O)CO. The first-order valence-corrected chi connectivity index (χ1v) is 18.0. The van der Waals surface area contributed by atoms with E-state index in [1.165, 1.54) is 11.8 Å². The summed E-state index contributed by atoms with van der Waals surface area (Å²) in [5, 5.41) is 52.6. The summed E-state index contributed by atoms with van der Waals surface area (Å²) in [6.45, 7) is -1.16. The number of aliphatic hydroxyl groups excluding tert-OH is 5. The maximum absolute atomic E-state index is 13.0. The zero-order chi connectivity index (χ0) is 35.4. The van der Waals surface area contributed by atoms with Crippen molar-refractivity contribution in [1.29, 1.82) is 0 Å². The standard InChI is InChI=1S/C37H42ClN3O8S/c1-41-30(36(47)40-29(18-42)34(45)35(46)31(44)19-43)10-11-33(41)50-21-22-6-9-28(38)23(16-22)20-48-37(13-14-37)27-17-39-15-12-25(27)26-4-2-3-5-32(26)49-24-7-8-24/h2-6,9-12,15-17,24,29,31,34-35,42-46H,7-8,13-14,18-21H2,1H3,(H,40,47)/t29-,31+,34+,35+/m0/s1. The van der Waals surface area contributed by atoms with Gasteiger partial charge >= 0.3 is 0 Å². The van der Waals surface area contributed by atoms with Crippen LogP contribution in [0.2, 0.25) is 5.02 Å². The second-order valence-electron chi connectivity index (χ2n) is 12.8. The van der Waals surface area contributed by atoms with Crippen LogP contribution < -0.4 is 10.1 Å². The monoisotopic (exact) mass is 723 g/mol. The molecule has 4 aromatic rings. The summed E-state index contributed by atoms with van der Waals surface area (Å²) in [4.78, 5) is 17.5. The lowest BCUT2D eigenvalue weighted by atomic mass is 9.96. The van der Waals surface area contributed by atoms with Crippen LogP contribution in [0.5, 0.6) is 5.75 Å². The van der Waals surface area contributed by atoms with Gasteiger partial charge in [-0.15, -0.1) is 11.8 Å². The third-order valence-corrected chi connectivity index (χ3v) is 10.7. The van der Waals surface area contributed by atoms with Crippen molar-refractivity contribution in [3.63, 3.8) is 0 Å². The molecule has 2 heterocycles. The van der Waals surface area contributed by atoms with Crippen LogP contribution in [0.25, 0.3) is 11.1 Å². The Kier molecular flexibility index (Phi) is 11.5. The number of thioether (sulfide) groups is 1. The fourth-order valence-electron chi connectivity index (χ4n) is 5.88. The summed E-state index contributed by atoms with van der Waals surface area (Å²) in [5.41, 5.74) is 4.82. The molecule has 0 unspecified atom stereocenters. The van der Waals surface area contributed by atoms with E-state index in [0.717, 1.165) is 64.3 Å². The fraction of sp³-hybridized carbons (Fsp3) is 0.405. The molecule has 0 spiro atoms. The average Bonchev–Trinajstić information content (AvgIpc) is 4.08. The van der Waals surface area contributed by atoms with Crippen LogP contribution in [0.3, 0.4) is 0 Å². The van der Waals surface area contributed by atoms with Crippen molar-refractivity contribution < 1.29 is 39.8 Å². The summed E-state index contributed by atoms with van der Waals surface area (Å²) in [6, 6.07) is 18.2. The van der Waals surface area contributed by atoms with Gasteiger partial charge in [0.05, 0.1) is 42.6 Å². The summed E-state index contributed by atoms with van der Waals surface area (Å²) in [6.07, 6.45) is 2.80. The molecule has 6 rings (SSSR count). The molecule has 2 aromatic carbocycles. The second-order valence-corrected chi connectivity index (χ2v) is 14.2. The number of carbonyl (C=O) groups is 1. The molecule has 2 aliphatic rings. The molecule has 50 heavy (non-hydrogen) atoms. The number of ether oxygens (including phenoxy) is 2. The van der Waals surface area contributed by atoms with Gasteiger partial charge in [-0.2, -0.15) is 0 Å². The van der Waals surface area contributed by atoms with Gasteiger partial charge in [-0.1, -0.05) is 41.9 Å². The Bertz CT molecular complexity index is 1800. The van der Waals surface area contributed by atoms with Crippen LogP contribution in [-0.2, 0) is 29.7 Å². The second kappa shape index (κ2) is 15.8. The number of aromatic nitrogens is 2. The van der Waals surface area contributed by atoms with Gasteiger partial charge in [0.2, 0.25) is 0 Å². The predicted octanol–water partition coefficient (Wildman–Crippen LogP) is 3.95. The number of halogens is 1. The fourth-order valence-corrected chi connectivity index (χ4v) is 7.00. The molecule has 0 bridgehead atoms. The predicted molar refractivity (Wildman–Crippen MR) is 189 cm³/mol. The molecule has 0 saturated heterocycles. The van der Waals surface area contributed by atoms with E-state index < -0.39 is 49.1 Å². The number of hydrogen-bond donors (Lipinski definition) is 6. The largest absolute Gasteiger partial charge is 0.490 e. The molecule has 13 heteroatoms. The highest BCUT2D eigenvalue weighted by molar-refractivity contribution is 7.98. The lowest BCUT2D eigenvalue weighted by Crippen LogP contribution is -2.54. The van der Waals surface area contributed by atoms with Crippen molar-refractivity contribution in [2.24, 2.45) is 7.05 Å².